The Morgan fingerprint density at radius 1 is 0.862 bits per heavy atom. The van der Waals surface area contributed by atoms with Gasteiger partial charge in [0.05, 0.1) is 10.4 Å². The normalized spacial score (nSPS) is 14.8. The molecule has 0 atom stereocenters. The molecule has 1 N–H and O–H groups in total. The summed E-state index contributed by atoms with van der Waals surface area (Å²) in [5.74, 6) is 0. The van der Waals surface area contributed by atoms with Crippen LogP contribution in [-0.4, -0.2) is 31.7 Å². The minimum absolute atomic E-state index is 0. The quantitative estimate of drug-likeness (QED) is 0.501. The number of nitrogens with one attached hydrogen (secondary N) is 1. The molecule has 1 saturated heterocycles. The van der Waals surface area contributed by atoms with Crippen LogP contribution in [-0.2, 0) is 9.84 Å². The number of nitrogens with zero attached hydrogens (tertiary/aromatic N) is 2. The second-order valence-electron chi connectivity index (χ2n) is 7.28. The monoisotopic (exact) mass is 427 g/mol. The average molecular weight is 428 g/mol. The Hall–Kier alpha value is -2.57. The van der Waals surface area contributed by atoms with Gasteiger partial charge in [0.25, 0.3) is 0 Å². The summed E-state index contributed by atoms with van der Waals surface area (Å²) >= 11 is 0. The first-order valence-corrected chi connectivity index (χ1v) is 11.1. The van der Waals surface area contributed by atoms with E-state index < -0.39 is 9.84 Å². The van der Waals surface area contributed by atoms with Gasteiger partial charge in [0.15, 0.2) is 5.03 Å². The molecule has 5 nitrogen and oxygen atoms in total. The molecule has 1 aliphatic heterocycles. The second-order valence-corrected chi connectivity index (χ2v) is 9.14. The molecule has 1 aromatic heterocycles. The fraction of sp³-hybridized carbons (Fsp3) is 0.227. The summed E-state index contributed by atoms with van der Waals surface area (Å²) in [6.07, 6.45) is 3.66. The molecule has 1 aliphatic rings. The lowest BCUT2D eigenvalue weighted by atomic mass is 10.1. The van der Waals surface area contributed by atoms with Crippen molar-refractivity contribution in [2.45, 2.75) is 29.2 Å². The number of aromatic amines is 1. The van der Waals surface area contributed by atoms with E-state index in [9.17, 15) is 8.42 Å². The summed E-state index contributed by atoms with van der Waals surface area (Å²) in [6, 6.07) is 18.8. The Bertz CT molecular complexity index is 1270. The van der Waals surface area contributed by atoms with Crippen LogP contribution < -0.4 is 4.90 Å². The van der Waals surface area contributed by atoms with Crippen molar-refractivity contribution < 1.29 is 8.42 Å². The van der Waals surface area contributed by atoms with Gasteiger partial charge in [-0.25, -0.2) is 8.42 Å². The van der Waals surface area contributed by atoms with Crippen molar-refractivity contribution in [2.75, 3.05) is 18.0 Å². The van der Waals surface area contributed by atoms with E-state index in [4.69, 9.17) is 0 Å². The van der Waals surface area contributed by atoms with E-state index in [2.05, 4.69) is 15.1 Å². The van der Waals surface area contributed by atoms with E-state index in [-0.39, 0.29) is 17.4 Å². The molecule has 0 radical (unpaired) electrons. The number of hydrogen-bond acceptors (Lipinski definition) is 4. The third-order valence-electron chi connectivity index (χ3n) is 5.53. The van der Waals surface area contributed by atoms with Crippen LogP contribution in [0.25, 0.3) is 21.7 Å². The summed E-state index contributed by atoms with van der Waals surface area (Å²) < 4.78 is 26.9. The summed E-state index contributed by atoms with van der Waals surface area (Å²) in [4.78, 5) is 2.65. The number of hydrogen-bond donors (Lipinski definition) is 1. The van der Waals surface area contributed by atoms with Crippen LogP contribution >= 0.6 is 12.4 Å². The summed E-state index contributed by atoms with van der Waals surface area (Å²) in [7, 11) is -3.72. The number of benzene rings is 3. The van der Waals surface area contributed by atoms with Crippen molar-refractivity contribution in [1.82, 2.24) is 10.2 Å². The maximum Gasteiger partial charge on any atom is 0.224 e. The molecule has 3 aromatic carbocycles. The highest BCUT2D eigenvalue weighted by molar-refractivity contribution is 7.91. The van der Waals surface area contributed by atoms with Crippen molar-refractivity contribution in [3.63, 3.8) is 0 Å². The van der Waals surface area contributed by atoms with E-state index in [1.165, 1.54) is 19.3 Å². The Balaban J connectivity index is 0.00000205. The van der Waals surface area contributed by atoms with E-state index >= 15 is 0 Å². The van der Waals surface area contributed by atoms with Gasteiger partial charge in [0, 0.05) is 29.5 Å². The van der Waals surface area contributed by atoms with Gasteiger partial charge in [-0.1, -0.05) is 36.4 Å². The van der Waals surface area contributed by atoms with Crippen LogP contribution in [0.4, 0.5) is 5.69 Å². The fourth-order valence-corrected chi connectivity index (χ4v) is 5.65. The zero-order chi connectivity index (χ0) is 19.1. The standard InChI is InChI=1S/C22H21N3O2S.ClH/c26-28(27,21-10-6-8-16-7-2-3-9-18(16)21)22-19-12-11-17(15-20(19)23-24-22)25-13-4-1-5-14-25;/h2-3,6-12,15H,1,4-5,13-14H2,(H,23,24);1H. The molecular formula is C22H22ClN3O2S. The largest absolute Gasteiger partial charge is 0.371 e. The predicted molar refractivity (Wildman–Crippen MR) is 119 cm³/mol. The Morgan fingerprint density at radius 2 is 1.62 bits per heavy atom. The van der Waals surface area contributed by atoms with Gasteiger partial charge in [0.1, 0.15) is 0 Å². The summed E-state index contributed by atoms with van der Waals surface area (Å²) in [6.45, 7) is 2.08. The third-order valence-corrected chi connectivity index (χ3v) is 7.32. The number of H-pyrrole nitrogens is 1. The van der Waals surface area contributed by atoms with Crippen LogP contribution in [0.15, 0.2) is 70.6 Å². The molecule has 0 aliphatic carbocycles. The van der Waals surface area contributed by atoms with Gasteiger partial charge < -0.3 is 4.90 Å². The van der Waals surface area contributed by atoms with Crippen molar-refractivity contribution in [3.05, 3.63) is 60.7 Å². The summed E-state index contributed by atoms with van der Waals surface area (Å²) in [5.41, 5.74) is 1.79. The van der Waals surface area contributed by atoms with Gasteiger partial charge in [-0.3, -0.25) is 5.10 Å². The lowest BCUT2D eigenvalue weighted by molar-refractivity contribution is 0.578. The summed E-state index contributed by atoms with van der Waals surface area (Å²) in [5, 5.41) is 9.52. The van der Waals surface area contributed by atoms with Crippen LogP contribution in [0.5, 0.6) is 0 Å². The molecular weight excluding hydrogens is 406 g/mol. The molecule has 7 heteroatoms. The Morgan fingerprint density at radius 3 is 2.45 bits per heavy atom. The maximum absolute atomic E-state index is 13.4. The van der Waals surface area contributed by atoms with Crippen LogP contribution in [0.1, 0.15) is 19.3 Å². The molecule has 4 aromatic rings. The van der Waals surface area contributed by atoms with Crippen LogP contribution in [0, 0.1) is 0 Å². The lowest BCUT2D eigenvalue weighted by Crippen LogP contribution is -2.29. The number of piperidine rings is 1. The molecule has 2 heterocycles. The van der Waals surface area contributed by atoms with E-state index in [1.807, 2.05) is 48.5 Å². The van der Waals surface area contributed by atoms with Gasteiger partial charge in [-0.15, -0.1) is 12.4 Å². The fourth-order valence-electron chi connectivity index (χ4n) is 4.07. The minimum atomic E-state index is -3.72. The smallest absolute Gasteiger partial charge is 0.224 e. The van der Waals surface area contributed by atoms with Gasteiger partial charge in [-0.05, 0) is 48.9 Å². The molecule has 0 amide bonds. The number of anilines is 1. The third kappa shape index (κ3) is 3.36. The molecule has 0 saturated carbocycles. The minimum Gasteiger partial charge on any atom is -0.371 e. The molecule has 150 valence electrons. The van der Waals surface area contributed by atoms with Crippen LogP contribution in [0.3, 0.4) is 0 Å². The first-order valence-electron chi connectivity index (χ1n) is 9.60. The second kappa shape index (κ2) is 7.69. The van der Waals surface area contributed by atoms with Crippen molar-refractivity contribution in [2.24, 2.45) is 0 Å². The lowest BCUT2D eigenvalue weighted by Gasteiger charge is -2.28. The number of rotatable bonds is 3. The first-order chi connectivity index (χ1) is 13.6. The Labute approximate surface area is 176 Å². The highest BCUT2D eigenvalue weighted by atomic mass is 35.5. The first kappa shape index (κ1) is 19.7. The average Bonchev–Trinajstić information content (AvgIpc) is 3.18. The van der Waals surface area contributed by atoms with Crippen molar-refractivity contribution in [1.29, 1.82) is 0 Å². The highest BCUT2D eigenvalue weighted by Gasteiger charge is 2.25. The van der Waals surface area contributed by atoms with Crippen molar-refractivity contribution in [3.8, 4) is 0 Å². The highest BCUT2D eigenvalue weighted by Crippen LogP contribution is 2.32. The maximum atomic E-state index is 13.4. The molecule has 1 fully saturated rings. The van der Waals surface area contributed by atoms with E-state index in [0.29, 0.717) is 15.8 Å². The van der Waals surface area contributed by atoms with Gasteiger partial charge >= 0.3 is 0 Å². The Kier molecular flexibility index (Phi) is 5.23. The number of fused-ring (bicyclic) bond motifs is 2. The number of aromatic nitrogens is 2. The number of halogens is 1. The molecule has 29 heavy (non-hydrogen) atoms. The van der Waals surface area contributed by atoms with Crippen LogP contribution in [0.2, 0.25) is 0 Å². The van der Waals surface area contributed by atoms with E-state index in [1.54, 1.807) is 12.1 Å². The molecule has 0 spiro atoms. The zero-order valence-corrected chi connectivity index (χ0v) is 17.5. The zero-order valence-electron chi connectivity index (χ0n) is 15.8. The molecule has 0 unspecified atom stereocenters. The SMILES string of the molecule is Cl.O=S(=O)(c1cccc2ccccc12)c1[nH]nc2cc(N3CCCCC3)ccc12. The van der Waals surface area contributed by atoms with Gasteiger partial charge in [-0.2, -0.15) is 5.10 Å². The predicted octanol–water partition coefficient (Wildman–Crippen LogP) is 4.96. The molecule has 0 bridgehead atoms. The van der Waals surface area contributed by atoms with Crippen molar-refractivity contribution >= 4 is 49.6 Å². The number of sulfone groups is 1. The van der Waals surface area contributed by atoms with E-state index in [0.717, 1.165) is 29.5 Å². The van der Waals surface area contributed by atoms with Gasteiger partial charge in [0.2, 0.25) is 9.84 Å². The topological polar surface area (TPSA) is 66.1 Å². The molecule has 5 rings (SSSR count).